The van der Waals surface area contributed by atoms with Gasteiger partial charge in [-0.25, -0.2) is 13.6 Å². The van der Waals surface area contributed by atoms with Crippen LogP contribution in [0.4, 0.5) is 0 Å². The first-order valence-electron chi connectivity index (χ1n) is 8.00. The smallest absolute Gasteiger partial charge is 0.232 e. The molecule has 122 valence electrons. The number of hydrogen-bond donors (Lipinski definition) is 2. The Hall–Kier alpha value is -0.950. The summed E-state index contributed by atoms with van der Waals surface area (Å²) in [4.78, 5) is 1.19. The quantitative estimate of drug-likeness (QED) is 0.871. The number of fused-ring (bicyclic) bond motifs is 1. The molecule has 1 aromatic carbocycles. The molecule has 0 amide bonds. The highest BCUT2D eigenvalue weighted by atomic mass is 32.2. The normalized spacial score (nSPS) is 29.5. The van der Waals surface area contributed by atoms with E-state index in [-0.39, 0.29) is 0 Å². The molecule has 2 aliphatic rings. The molecule has 1 aromatic rings. The van der Waals surface area contributed by atoms with Crippen LogP contribution in [-0.2, 0) is 21.3 Å². The van der Waals surface area contributed by atoms with Crippen molar-refractivity contribution in [1.29, 1.82) is 0 Å². The van der Waals surface area contributed by atoms with E-state index >= 15 is 0 Å². The molecule has 0 aromatic heterocycles. The summed E-state index contributed by atoms with van der Waals surface area (Å²) in [7, 11) is -1.63. The Balaban J connectivity index is 1.94. The van der Waals surface area contributed by atoms with Gasteiger partial charge in [-0.2, -0.15) is 0 Å². The predicted octanol–water partition coefficient (Wildman–Crippen LogP) is 1.15. The van der Waals surface area contributed by atoms with E-state index in [0.717, 1.165) is 36.9 Å². The number of nitrogens with two attached hydrogens (primary N) is 1. The molecule has 22 heavy (non-hydrogen) atoms. The highest BCUT2D eigenvalue weighted by molar-refractivity contribution is 7.90. The molecule has 0 radical (unpaired) electrons. The number of rotatable bonds is 4. The van der Waals surface area contributed by atoms with Crippen LogP contribution in [0.1, 0.15) is 36.8 Å². The summed E-state index contributed by atoms with van der Waals surface area (Å²) in [5.41, 5.74) is 1.93. The van der Waals surface area contributed by atoms with Gasteiger partial charge in [0.2, 0.25) is 10.0 Å². The first-order valence-corrected chi connectivity index (χ1v) is 9.55. The zero-order valence-corrected chi connectivity index (χ0v) is 13.9. The minimum Gasteiger partial charge on any atom is -0.303 e. The standard InChI is InChI=1S/C16H25N3O2S/c1-19-12-4-6-14(19)8-10-16(22(17,20)21)15-7-3-2-5-13(15)9-11-18-16/h2-3,5,7,14,18H,4,6,8-12H2,1H3,(H2,17,20,21)/t14-,16?/m0/s1. The van der Waals surface area contributed by atoms with Gasteiger partial charge in [-0.05, 0) is 56.8 Å². The van der Waals surface area contributed by atoms with Gasteiger partial charge in [-0.3, -0.25) is 5.32 Å². The highest BCUT2D eigenvalue weighted by Gasteiger charge is 2.46. The molecule has 0 bridgehead atoms. The summed E-state index contributed by atoms with van der Waals surface area (Å²) in [5, 5.41) is 8.91. The SMILES string of the molecule is CN1CCC[C@H]1CCC1(S(N)(=O)=O)NCCc2ccccc21. The molecule has 2 heterocycles. The number of likely N-dealkylation sites (tertiary alicyclic amines) is 1. The van der Waals surface area contributed by atoms with E-state index in [4.69, 9.17) is 5.14 Å². The largest absolute Gasteiger partial charge is 0.303 e. The summed E-state index contributed by atoms with van der Waals surface area (Å²) in [6.45, 7) is 1.74. The number of primary sulfonamides is 1. The Bertz CT molecular complexity index is 647. The summed E-state index contributed by atoms with van der Waals surface area (Å²) in [6.07, 6.45) is 4.54. The number of sulfonamides is 1. The van der Waals surface area contributed by atoms with Crippen molar-refractivity contribution in [3.8, 4) is 0 Å². The number of hydrogen-bond acceptors (Lipinski definition) is 4. The van der Waals surface area contributed by atoms with Crippen molar-refractivity contribution in [2.45, 2.75) is 43.0 Å². The van der Waals surface area contributed by atoms with Crippen molar-refractivity contribution in [2.75, 3.05) is 20.1 Å². The van der Waals surface area contributed by atoms with Crippen LogP contribution in [0.3, 0.4) is 0 Å². The van der Waals surface area contributed by atoms with E-state index in [1.807, 2.05) is 24.3 Å². The van der Waals surface area contributed by atoms with Gasteiger partial charge >= 0.3 is 0 Å². The minimum atomic E-state index is -3.74. The maximum absolute atomic E-state index is 12.5. The lowest BCUT2D eigenvalue weighted by Crippen LogP contribution is -2.56. The zero-order chi connectivity index (χ0) is 15.8. The van der Waals surface area contributed by atoms with Crippen molar-refractivity contribution >= 4 is 10.0 Å². The predicted molar refractivity (Wildman–Crippen MR) is 87.8 cm³/mol. The Morgan fingerprint density at radius 1 is 1.41 bits per heavy atom. The fourth-order valence-electron chi connectivity index (χ4n) is 3.96. The summed E-state index contributed by atoms with van der Waals surface area (Å²) >= 11 is 0. The molecule has 2 aliphatic heterocycles. The van der Waals surface area contributed by atoms with Crippen LogP contribution in [0, 0.1) is 0 Å². The highest BCUT2D eigenvalue weighted by Crippen LogP contribution is 2.37. The lowest BCUT2D eigenvalue weighted by atomic mass is 9.89. The van der Waals surface area contributed by atoms with Gasteiger partial charge in [0.05, 0.1) is 0 Å². The van der Waals surface area contributed by atoms with Gasteiger partial charge in [0.15, 0.2) is 4.87 Å². The third-order valence-electron chi connectivity index (χ3n) is 5.24. The van der Waals surface area contributed by atoms with E-state index in [2.05, 4.69) is 17.3 Å². The van der Waals surface area contributed by atoms with Crippen molar-refractivity contribution in [3.05, 3.63) is 35.4 Å². The first kappa shape index (κ1) is 15.9. The minimum absolute atomic E-state index is 0.453. The van der Waals surface area contributed by atoms with Crippen LogP contribution in [-0.4, -0.2) is 39.5 Å². The summed E-state index contributed by atoms with van der Waals surface area (Å²) < 4.78 is 24.9. The Kier molecular flexibility index (Phi) is 4.29. The lowest BCUT2D eigenvalue weighted by molar-refractivity contribution is 0.268. The van der Waals surface area contributed by atoms with Crippen LogP contribution in [0.15, 0.2) is 24.3 Å². The second-order valence-electron chi connectivity index (χ2n) is 6.52. The van der Waals surface area contributed by atoms with Gasteiger partial charge in [0.1, 0.15) is 0 Å². The summed E-state index contributed by atoms with van der Waals surface area (Å²) in [6, 6.07) is 8.23. The maximum Gasteiger partial charge on any atom is 0.232 e. The summed E-state index contributed by atoms with van der Waals surface area (Å²) in [5.74, 6) is 0. The van der Waals surface area contributed by atoms with Gasteiger partial charge < -0.3 is 4.90 Å². The Labute approximate surface area is 132 Å². The third-order valence-corrected chi connectivity index (χ3v) is 6.78. The number of nitrogens with one attached hydrogen (secondary N) is 1. The van der Waals surface area contributed by atoms with E-state index in [9.17, 15) is 8.42 Å². The molecule has 0 spiro atoms. The molecule has 5 nitrogen and oxygen atoms in total. The van der Waals surface area contributed by atoms with E-state index in [0.29, 0.717) is 19.0 Å². The molecule has 6 heteroatoms. The van der Waals surface area contributed by atoms with Crippen molar-refractivity contribution < 1.29 is 8.42 Å². The van der Waals surface area contributed by atoms with E-state index in [1.165, 1.54) is 6.42 Å². The molecule has 2 atom stereocenters. The molecule has 3 N–H and O–H groups in total. The Morgan fingerprint density at radius 3 is 2.86 bits per heavy atom. The Morgan fingerprint density at radius 2 is 2.18 bits per heavy atom. The zero-order valence-electron chi connectivity index (χ0n) is 13.1. The second kappa shape index (κ2) is 5.92. The maximum atomic E-state index is 12.5. The number of nitrogens with zero attached hydrogens (tertiary/aromatic N) is 1. The van der Waals surface area contributed by atoms with Crippen LogP contribution in [0.5, 0.6) is 0 Å². The van der Waals surface area contributed by atoms with Crippen molar-refractivity contribution in [2.24, 2.45) is 5.14 Å². The molecule has 3 rings (SSSR count). The molecule has 1 fully saturated rings. The lowest BCUT2D eigenvalue weighted by Gasteiger charge is -2.39. The average molecular weight is 323 g/mol. The molecule has 1 saturated heterocycles. The van der Waals surface area contributed by atoms with Crippen LogP contribution < -0.4 is 10.5 Å². The fourth-order valence-corrected chi connectivity index (χ4v) is 5.17. The third kappa shape index (κ3) is 2.69. The molecule has 0 saturated carbocycles. The van der Waals surface area contributed by atoms with Crippen LogP contribution in [0.2, 0.25) is 0 Å². The van der Waals surface area contributed by atoms with E-state index in [1.54, 1.807) is 0 Å². The second-order valence-corrected chi connectivity index (χ2v) is 8.31. The van der Waals surface area contributed by atoms with Gasteiger partial charge in [-0.15, -0.1) is 0 Å². The monoisotopic (exact) mass is 323 g/mol. The van der Waals surface area contributed by atoms with Crippen LogP contribution in [0.25, 0.3) is 0 Å². The number of benzene rings is 1. The topological polar surface area (TPSA) is 75.4 Å². The molecule has 1 unspecified atom stereocenters. The fraction of sp³-hybridized carbons (Fsp3) is 0.625. The van der Waals surface area contributed by atoms with Gasteiger partial charge in [-0.1, -0.05) is 24.3 Å². The van der Waals surface area contributed by atoms with Crippen molar-refractivity contribution in [1.82, 2.24) is 10.2 Å². The molecular formula is C16H25N3O2S. The molecular weight excluding hydrogens is 298 g/mol. The molecule has 0 aliphatic carbocycles. The van der Waals surface area contributed by atoms with E-state index < -0.39 is 14.9 Å². The average Bonchev–Trinajstić information content (AvgIpc) is 2.89. The first-order chi connectivity index (χ1) is 10.4. The van der Waals surface area contributed by atoms with Gasteiger partial charge in [0, 0.05) is 12.6 Å². The van der Waals surface area contributed by atoms with Crippen molar-refractivity contribution in [3.63, 3.8) is 0 Å². The van der Waals surface area contributed by atoms with Gasteiger partial charge in [0.25, 0.3) is 0 Å². The van der Waals surface area contributed by atoms with Crippen LogP contribution >= 0.6 is 0 Å².